The average molecular weight is 682 g/mol. The quantitative estimate of drug-likeness (QED) is 0.0684. The molecule has 49 heavy (non-hydrogen) atoms. The van der Waals surface area contributed by atoms with Gasteiger partial charge in [-0.15, -0.1) is 0 Å². The number of ketones is 1. The van der Waals surface area contributed by atoms with Gasteiger partial charge >= 0.3 is 0 Å². The van der Waals surface area contributed by atoms with Gasteiger partial charge in [0.15, 0.2) is 5.78 Å². The van der Waals surface area contributed by atoms with Gasteiger partial charge < -0.3 is 19.3 Å². The number of hydrogen-bond donors (Lipinski definition) is 0. The van der Waals surface area contributed by atoms with Crippen LogP contribution in [0.25, 0.3) is 0 Å². The van der Waals surface area contributed by atoms with Gasteiger partial charge in [0.2, 0.25) is 5.91 Å². The Morgan fingerprint density at radius 2 is 1.39 bits per heavy atom. The number of amides is 1. The van der Waals surface area contributed by atoms with E-state index in [9.17, 15) is 24.0 Å². The molecule has 0 spiro atoms. The van der Waals surface area contributed by atoms with Crippen molar-refractivity contribution in [2.75, 3.05) is 13.1 Å². The summed E-state index contributed by atoms with van der Waals surface area (Å²) in [5.74, 6) is 1.41. The molecule has 0 bridgehead atoms. The summed E-state index contributed by atoms with van der Waals surface area (Å²) in [5, 5.41) is 0. The number of carbonyl (C=O) groups is 5. The Kier molecular flexibility index (Phi) is 14.7. The number of Topliss-reactive ketones (excluding diaryl/α,β-unsaturated/α-hetero) is 1. The van der Waals surface area contributed by atoms with Gasteiger partial charge in [0.1, 0.15) is 24.3 Å². The second-order valence-corrected chi connectivity index (χ2v) is 17.6. The van der Waals surface area contributed by atoms with E-state index in [4.69, 9.17) is 0 Å². The zero-order valence-corrected chi connectivity index (χ0v) is 32.0. The van der Waals surface area contributed by atoms with Crippen molar-refractivity contribution >= 4 is 30.5 Å². The largest absolute Gasteiger partial charge is 0.343 e. The average Bonchev–Trinajstić information content (AvgIpc) is 3.46. The second-order valence-electron chi connectivity index (χ2n) is 17.6. The van der Waals surface area contributed by atoms with E-state index >= 15 is 0 Å². The van der Waals surface area contributed by atoms with Gasteiger partial charge in [-0.05, 0) is 104 Å². The van der Waals surface area contributed by atoms with Crippen LogP contribution >= 0.6 is 0 Å². The fourth-order valence-electron chi connectivity index (χ4n) is 12.1. The second kappa shape index (κ2) is 18.1. The maximum atomic E-state index is 13.7. The van der Waals surface area contributed by atoms with Gasteiger partial charge in [0, 0.05) is 31.8 Å². The van der Waals surface area contributed by atoms with Crippen molar-refractivity contribution in [3.63, 3.8) is 0 Å². The van der Waals surface area contributed by atoms with E-state index < -0.39 is 16.7 Å². The molecule has 4 aliphatic rings. The minimum atomic E-state index is -1.83. The molecular weight excluding hydrogens is 610 g/mol. The highest BCUT2D eigenvalue weighted by Crippen LogP contribution is 2.70. The van der Waals surface area contributed by atoms with Gasteiger partial charge in [-0.2, -0.15) is 0 Å². The van der Waals surface area contributed by atoms with Crippen molar-refractivity contribution in [1.82, 2.24) is 4.90 Å². The summed E-state index contributed by atoms with van der Waals surface area (Å²) in [6.45, 7) is 13.3. The summed E-state index contributed by atoms with van der Waals surface area (Å²) in [7, 11) is 0. The molecule has 4 aliphatic carbocycles. The van der Waals surface area contributed by atoms with Crippen molar-refractivity contribution in [3.8, 4) is 0 Å². The highest BCUT2D eigenvalue weighted by Gasteiger charge is 2.68. The highest BCUT2D eigenvalue weighted by molar-refractivity contribution is 6.14. The molecule has 1 unspecified atom stereocenters. The summed E-state index contributed by atoms with van der Waals surface area (Å²) >= 11 is 0. The number of fused-ring (bicyclic) bond motifs is 5. The smallest absolute Gasteiger partial charge is 0.222 e. The number of hydrogen-bond acceptors (Lipinski definition) is 5. The molecule has 4 rings (SSSR count). The van der Waals surface area contributed by atoms with Crippen molar-refractivity contribution in [2.24, 2.45) is 57.7 Å². The van der Waals surface area contributed by atoms with Crippen LogP contribution < -0.4 is 0 Å². The van der Waals surface area contributed by atoms with Gasteiger partial charge in [-0.25, -0.2) is 0 Å². The normalized spacial score (nSPS) is 33.9. The third-order valence-corrected chi connectivity index (χ3v) is 15.1. The molecule has 0 aliphatic heterocycles. The molecular formula is C43H71NO5. The number of rotatable bonds is 21. The molecule has 0 radical (unpaired) electrons. The first-order valence-corrected chi connectivity index (χ1v) is 20.8. The van der Waals surface area contributed by atoms with E-state index in [1.54, 1.807) is 0 Å². The lowest BCUT2D eigenvalue weighted by molar-refractivity contribution is -0.182. The van der Waals surface area contributed by atoms with Gasteiger partial charge in [0.05, 0.1) is 0 Å². The van der Waals surface area contributed by atoms with Crippen LogP contribution in [-0.2, 0) is 24.0 Å². The first kappa shape index (κ1) is 39.9. The SMILES string of the molecule is CCCCCCCCN(CCCCCCCC)C(=O)CC[C@@H](C)[C@H]1CC[C@H]2[C@@H]3CC[C@@H]4CC(=O)C(C=O)(C=O)C(C=O)[C@]4(C)[C@H]3CC[C@]12C. The summed E-state index contributed by atoms with van der Waals surface area (Å²) in [6, 6.07) is 0. The van der Waals surface area contributed by atoms with Crippen molar-refractivity contribution in [1.29, 1.82) is 0 Å². The molecule has 0 saturated heterocycles. The zero-order valence-electron chi connectivity index (χ0n) is 32.0. The first-order chi connectivity index (χ1) is 23.6. The molecule has 0 N–H and O–H groups in total. The zero-order chi connectivity index (χ0) is 35.7. The topological polar surface area (TPSA) is 88.6 Å². The summed E-state index contributed by atoms with van der Waals surface area (Å²) in [6.07, 6.45) is 24.9. The van der Waals surface area contributed by atoms with Crippen LogP contribution in [0, 0.1) is 57.7 Å². The summed E-state index contributed by atoms with van der Waals surface area (Å²) in [5.41, 5.74) is -2.16. The Balaban J connectivity index is 1.38. The lowest BCUT2D eigenvalue weighted by atomic mass is 9.39. The Hall–Kier alpha value is -1.85. The molecule has 0 aromatic heterocycles. The van der Waals surface area contributed by atoms with Crippen LogP contribution in [0.15, 0.2) is 0 Å². The van der Waals surface area contributed by atoms with Crippen LogP contribution in [0.2, 0.25) is 0 Å². The van der Waals surface area contributed by atoms with Gasteiger partial charge in [-0.1, -0.05) is 98.8 Å². The van der Waals surface area contributed by atoms with Crippen molar-refractivity contribution < 1.29 is 24.0 Å². The van der Waals surface area contributed by atoms with Crippen molar-refractivity contribution in [3.05, 3.63) is 0 Å². The minimum absolute atomic E-state index is 0.0478. The van der Waals surface area contributed by atoms with Crippen molar-refractivity contribution in [2.45, 2.75) is 169 Å². The number of aldehydes is 3. The van der Waals surface area contributed by atoms with Crippen LogP contribution in [0.4, 0.5) is 0 Å². The fourth-order valence-corrected chi connectivity index (χ4v) is 12.1. The Morgan fingerprint density at radius 1 is 0.796 bits per heavy atom. The Bertz CT molecular complexity index is 1100. The molecule has 6 heteroatoms. The number of carbonyl (C=O) groups excluding carboxylic acids is 5. The predicted octanol–water partition coefficient (Wildman–Crippen LogP) is 9.60. The van der Waals surface area contributed by atoms with E-state index in [0.29, 0.717) is 48.6 Å². The molecule has 0 aromatic carbocycles. The summed E-state index contributed by atoms with van der Waals surface area (Å²) in [4.78, 5) is 66.5. The van der Waals surface area contributed by atoms with E-state index in [-0.39, 0.29) is 29.5 Å². The lowest BCUT2D eigenvalue weighted by Gasteiger charge is -2.63. The Morgan fingerprint density at radius 3 is 1.96 bits per heavy atom. The maximum Gasteiger partial charge on any atom is 0.222 e. The first-order valence-electron chi connectivity index (χ1n) is 20.8. The standard InChI is InChI=1S/C43H71NO5/c1-6-8-10-12-14-16-26-44(27-17-15-13-11-9-7-2)40(49)23-18-32(3)35-21-22-36-34-20-19-33-28-39(48)43(30-46,31-47)38(29-45)42(33,5)37(34)24-25-41(35,36)4/h29-38H,6-28H2,1-5H3/t32-,33-,34+,35-,36+,37+,38?,41-,42+/m1/s1. The van der Waals surface area contributed by atoms with Crippen LogP contribution in [0.5, 0.6) is 0 Å². The van der Waals surface area contributed by atoms with Gasteiger partial charge in [0.25, 0.3) is 0 Å². The number of nitrogens with zero attached hydrogens (tertiary/aromatic N) is 1. The molecule has 278 valence electrons. The van der Waals surface area contributed by atoms with E-state index in [1.807, 2.05) is 0 Å². The fraction of sp³-hybridized carbons (Fsp3) is 0.884. The Labute approximate surface area is 299 Å². The highest BCUT2D eigenvalue weighted by atomic mass is 16.2. The van der Waals surface area contributed by atoms with E-state index in [1.165, 1.54) is 77.0 Å². The summed E-state index contributed by atoms with van der Waals surface area (Å²) < 4.78 is 0. The monoisotopic (exact) mass is 682 g/mol. The molecule has 1 amide bonds. The van der Waals surface area contributed by atoms with Crippen LogP contribution in [0.1, 0.15) is 169 Å². The van der Waals surface area contributed by atoms with Gasteiger partial charge in [-0.3, -0.25) is 9.59 Å². The lowest BCUT2D eigenvalue weighted by Crippen LogP contribution is -2.64. The third kappa shape index (κ3) is 8.14. The maximum absolute atomic E-state index is 13.7. The molecule has 6 nitrogen and oxygen atoms in total. The predicted molar refractivity (Wildman–Crippen MR) is 197 cm³/mol. The molecule has 0 heterocycles. The van der Waals surface area contributed by atoms with E-state index in [2.05, 4.69) is 39.5 Å². The minimum Gasteiger partial charge on any atom is -0.343 e. The molecule has 4 fully saturated rings. The van der Waals surface area contributed by atoms with E-state index in [0.717, 1.165) is 64.3 Å². The van der Waals surface area contributed by atoms with Crippen LogP contribution in [0.3, 0.4) is 0 Å². The number of unbranched alkanes of at least 4 members (excludes halogenated alkanes) is 10. The molecule has 4 saturated carbocycles. The third-order valence-electron chi connectivity index (χ3n) is 15.1. The van der Waals surface area contributed by atoms with Crippen LogP contribution in [-0.4, -0.2) is 48.5 Å². The molecule has 9 atom stereocenters. The molecule has 0 aromatic rings.